The van der Waals surface area contributed by atoms with E-state index < -0.39 is 0 Å². The Morgan fingerprint density at radius 2 is 1.72 bits per heavy atom. The molecule has 1 aliphatic heterocycles. The average Bonchev–Trinajstić information content (AvgIpc) is 2.84. The van der Waals surface area contributed by atoms with E-state index in [9.17, 15) is 0 Å². The maximum atomic E-state index is 6.22. The second-order valence-electron chi connectivity index (χ2n) is 9.61. The zero-order valence-electron chi connectivity index (χ0n) is 19.9. The summed E-state index contributed by atoms with van der Waals surface area (Å²) in [5, 5.41) is 8.97. The number of benzene rings is 1. The minimum atomic E-state index is 0.372. The third kappa shape index (κ3) is 6.44. The molecule has 0 radical (unpaired) electrons. The van der Waals surface area contributed by atoms with Crippen LogP contribution in [0.4, 0.5) is 0 Å². The van der Waals surface area contributed by atoms with Crippen LogP contribution in [-0.2, 0) is 6.42 Å². The standard InChI is InChI=1S/C27H39N3O2/c1-3-4-10-26-25(19-27(29-28-26)31-20-21-15-17-30(2)18-16-21)22-11-13-24(14-12-22)32-23-8-6-5-7-9-23/h11-14,19,21,23H,3-10,15-18,20H2,1-2H3. The third-order valence-electron chi connectivity index (χ3n) is 6.94. The van der Waals surface area contributed by atoms with Crippen LogP contribution >= 0.6 is 0 Å². The summed E-state index contributed by atoms with van der Waals surface area (Å²) < 4.78 is 12.3. The lowest BCUT2D eigenvalue weighted by atomic mass is 9.97. The summed E-state index contributed by atoms with van der Waals surface area (Å²) in [6, 6.07) is 10.6. The zero-order chi connectivity index (χ0) is 22.2. The van der Waals surface area contributed by atoms with Gasteiger partial charge in [-0.3, -0.25) is 0 Å². The molecule has 2 fully saturated rings. The van der Waals surface area contributed by atoms with Gasteiger partial charge >= 0.3 is 0 Å². The first kappa shape index (κ1) is 23.0. The molecule has 2 aliphatic rings. The van der Waals surface area contributed by atoms with Crippen LogP contribution in [0.2, 0.25) is 0 Å². The SMILES string of the molecule is CCCCc1nnc(OCC2CCN(C)CC2)cc1-c1ccc(OC2CCCCC2)cc1. The van der Waals surface area contributed by atoms with Crippen LogP contribution in [0.1, 0.15) is 70.4 Å². The Morgan fingerprint density at radius 1 is 0.969 bits per heavy atom. The van der Waals surface area contributed by atoms with Crippen molar-refractivity contribution < 1.29 is 9.47 Å². The highest BCUT2D eigenvalue weighted by Gasteiger charge is 2.19. The molecule has 0 spiro atoms. The summed E-state index contributed by atoms with van der Waals surface area (Å²) in [6.45, 7) is 5.24. The number of hydrogen-bond donors (Lipinski definition) is 0. The van der Waals surface area contributed by atoms with E-state index >= 15 is 0 Å². The van der Waals surface area contributed by atoms with Crippen molar-refractivity contribution in [2.45, 2.75) is 77.2 Å². The lowest BCUT2D eigenvalue weighted by Crippen LogP contribution is -2.32. The quantitative estimate of drug-likeness (QED) is 0.487. The van der Waals surface area contributed by atoms with E-state index in [1.54, 1.807) is 0 Å². The molecule has 5 heteroatoms. The topological polar surface area (TPSA) is 47.5 Å². The van der Waals surface area contributed by atoms with Crippen LogP contribution in [0.5, 0.6) is 11.6 Å². The fraction of sp³-hybridized carbons (Fsp3) is 0.630. The van der Waals surface area contributed by atoms with Gasteiger partial charge in [0, 0.05) is 11.6 Å². The fourth-order valence-corrected chi connectivity index (χ4v) is 4.77. The second-order valence-corrected chi connectivity index (χ2v) is 9.61. The van der Waals surface area contributed by atoms with Crippen molar-refractivity contribution in [1.82, 2.24) is 15.1 Å². The van der Waals surface area contributed by atoms with Gasteiger partial charge in [-0.05, 0) is 95.1 Å². The first-order chi connectivity index (χ1) is 15.7. The minimum absolute atomic E-state index is 0.372. The Bertz CT molecular complexity index is 825. The minimum Gasteiger partial charge on any atom is -0.490 e. The number of piperidine rings is 1. The maximum absolute atomic E-state index is 6.22. The lowest BCUT2D eigenvalue weighted by molar-refractivity contribution is 0.155. The van der Waals surface area contributed by atoms with E-state index in [2.05, 4.69) is 59.4 Å². The number of hydrogen-bond acceptors (Lipinski definition) is 5. The van der Waals surface area contributed by atoms with Crippen LogP contribution in [-0.4, -0.2) is 47.9 Å². The molecular weight excluding hydrogens is 398 g/mol. The van der Waals surface area contributed by atoms with Crippen molar-refractivity contribution in [3.8, 4) is 22.8 Å². The molecule has 1 saturated heterocycles. The number of ether oxygens (including phenoxy) is 2. The van der Waals surface area contributed by atoms with Gasteiger partial charge in [-0.25, -0.2) is 0 Å². The van der Waals surface area contributed by atoms with Crippen LogP contribution < -0.4 is 9.47 Å². The Morgan fingerprint density at radius 3 is 2.44 bits per heavy atom. The van der Waals surface area contributed by atoms with Crippen LogP contribution in [0.25, 0.3) is 11.1 Å². The number of aromatic nitrogens is 2. The zero-order valence-corrected chi connectivity index (χ0v) is 19.9. The van der Waals surface area contributed by atoms with Crippen LogP contribution in [0.3, 0.4) is 0 Å². The lowest BCUT2D eigenvalue weighted by Gasteiger charge is -2.28. The average molecular weight is 438 g/mol. The number of unbranched alkanes of at least 4 members (excludes halogenated alkanes) is 1. The molecule has 5 nitrogen and oxygen atoms in total. The van der Waals surface area contributed by atoms with E-state index in [0.29, 0.717) is 17.9 Å². The third-order valence-corrected chi connectivity index (χ3v) is 6.94. The first-order valence-corrected chi connectivity index (χ1v) is 12.7. The van der Waals surface area contributed by atoms with Gasteiger partial charge in [-0.1, -0.05) is 31.9 Å². The second kappa shape index (κ2) is 11.6. The molecule has 174 valence electrons. The summed E-state index contributed by atoms with van der Waals surface area (Å²) >= 11 is 0. The predicted molar refractivity (Wildman–Crippen MR) is 129 cm³/mol. The van der Waals surface area contributed by atoms with Crippen LogP contribution in [0, 0.1) is 5.92 Å². The van der Waals surface area contributed by atoms with E-state index in [4.69, 9.17) is 9.47 Å². The molecular formula is C27H39N3O2. The van der Waals surface area contributed by atoms with E-state index in [0.717, 1.165) is 61.5 Å². The molecule has 0 N–H and O–H groups in total. The Balaban J connectivity index is 1.45. The summed E-state index contributed by atoms with van der Waals surface area (Å²) in [4.78, 5) is 2.39. The molecule has 0 unspecified atom stereocenters. The number of nitrogens with zero attached hydrogens (tertiary/aromatic N) is 3. The molecule has 2 heterocycles. The van der Waals surface area contributed by atoms with Crippen molar-refractivity contribution in [3.63, 3.8) is 0 Å². The van der Waals surface area contributed by atoms with Crippen molar-refractivity contribution in [2.24, 2.45) is 5.92 Å². The molecule has 1 aromatic heterocycles. The van der Waals surface area contributed by atoms with Crippen molar-refractivity contribution in [3.05, 3.63) is 36.0 Å². The summed E-state index contributed by atoms with van der Waals surface area (Å²) in [7, 11) is 2.19. The van der Waals surface area contributed by atoms with Crippen molar-refractivity contribution in [2.75, 3.05) is 26.7 Å². The molecule has 4 rings (SSSR count). The molecule has 2 aromatic rings. The highest BCUT2D eigenvalue weighted by Crippen LogP contribution is 2.30. The molecule has 1 saturated carbocycles. The number of rotatable bonds is 9. The Kier molecular flexibility index (Phi) is 8.38. The predicted octanol–water partition coefficient (Wildman–Crippen LogP) is 5.92. The van der Waals surface area contributed by atoms with E-state index in [1.165, 1.54) is 44.9 Å². The largest absolute Gasteiger partial charge is 0.490 e. The molecule has 32 heavy (non-hydrogen) atoms. The van der Waals surface area contributed by atoms with Crippen LogP contribution in [0.15, 0.2) is 30.3 Å². The Hall–Kier alpha value is -2.14. The van der Waals surface area contributed by atoms with Gasteiger partial charge in [-0.15, -0.1) is 5.10 Å². The molecule has 0 atom stereocenters. The molecule has 0 bridgehead atoms. The van der Waals surface area contributed by atoms with Gasteiger partial charge in [-0.2, -0.15) is 5.10 Å². The highest BCUT2D eigenvalue weighted by atomic mass is 16.5. The highest BCUT2D eigenvalue weighted by molar-refractivity contribution is 5.67. The van der Waals surface area contributed by atoms with Gasteiger partial charge in [0.1, 0.15) is 5.75 Å². The normalized spacial score (nSPS) is 18.6. The van der Waals surface area contributed by atoms with Gasteiger partial charge in [0.15, 0.2) is 0 Å². The smallest absolute Gasteiger partial charge is 0.234 e. The molecule has 1 aliphatic carbocycles. The maximum Gasteiger partial charge on any atom is 0.234 e. The molecule has 1 aromatic carbocycles. The first-order valence-electron chi connectivity index (χ1n) is 12.7. The van der Waals surface area contributed by atoms with Crippen molar-refractivity contribution in [1.29, 1.82) is 0 Å². The van der Waals surface area contributed by atoms with Gasteiger partial charge in [0.05, 0.1) is 18.4 Å². The summed E-state index contributed by atoms with van der Waals surface area (Å²) in [5.41, 5.74) is 3.35. The number of aryl methyl sites for hydroxylation is 1. The Labute approximate surface area is 193 Å². The van der Waals surface area contributed by atoms with Crippen molar-refractivity contribution >= 4 is 0 Å². The fourth-order valence-electron chi connectivity index (χ4n) is 4.77. The molecule has 0 amide bonds. The van der Waals surface area contributed by atoms with Gasteiger partial charge in [0.25, 0.3) is 0 Å². The van der Waals surface area contributed by atoms with E-state index in [-0.39, 0.29) is 0 Å². The monoisotopic (exact) mass is 437 g/mol. The van der Waals surface area contributed by atoms with Gasteiger partial charge < -0.3 is 14.4 Å². The van der Waals surface area contributed by atoms with Gasteiger partial charge in [0.2, 0.25) is 5.88 Å². The number of likely N-dealkylation sites (tertiary alicyclic amines) is 1. The summed E-state index contributed by atoms with van der Waals surface area (Å²) in [5.74, 6) is 2.21. The summed E-state index contributed by atoms with van der Waals surface area (Å²) in [6.07, 6.45) is 12.2. The van der Waals surface area contributed by atoms with E-state index in [1.807, 2.05) is 0 Å².